The number of non-ortho nitro benzene ring substituents is 1. The zero-order valence-corrected chi connectivity index (χ0v) is 10.5. The molecule has 1 aromatic rings. The summed E-state index contributed by atoms with van der Waals surface area (Å²) >= 11 is 0. The normalized spacial score (nSPS) is 16.4. The zero-order chi connectivity index (χ0) is 13.1. The van der Waals surface area contributed by atoms with Gasteiger partial charge in [0.15, 0.2) is 0 Å². The van der Waals surface area contributed by atoms with Crippen molar-refractivity contribution < 1.29 is 14.3 Å². The van der Waals surface area contributed by atoms with Crippen molar-refractivity contribution in [3.05, 3.63) is 38.4 Å². The molecule has 1 aliphatic heterocycles. The summed E-state index contributed by atoms with van der Waals surface area (Å²) in [4.78, 5) is 20.4. The van der Waals surface area contributed by atoms with Gasteiger partial charge in [0.1, 0.15) is 0 Å². The van der Waals surface area contributed by atoms with Gasteiger partial charge < -0.3 is 4.43 Å². The van der Waals surface area contributed by atoms with Gasteiger partial charge in [-0.05, 0) is 18.5 Å². The third-order valence-corrected chi connectivity index (χ3v) is 5.15. The smallest absolute Gasteiger partial charge is 0.277 e. The number of hydrogen-bond acceptors (Lipinski definition) is 5. The molecule has 0 bridgehead atoms. The molecule has 0 saturated carbocycles. The summed E-state index contributed by atoms with van der Waals surface area (Å²) in [6, 6.07) is 4.60. The maximum Gasteiger partial charge on any atom is 0.277 e. The molecular weight excluding hydrogens is 256 g/mol. The summed E-state index contributed by atoms with van der Waals surface area (Å²) in [5.41, 5.74) is -0.455. The van der Waals surface area contributed by atoms with E-state index in [0.717, 1.165) is 25.0 Å². The molecule has 0 spiro atoms. The third-order valence-electron chi connectivity index (χ3n) is 2.76. The molecule has 2 rings (SSSR count). The molecule has 0 N–H and O–H groups in total. The SMILES string of the molecule is O=[N+]([O-])c1ccc([Si]2CCCCO2)c([N+](=O)[O-])c1. The van der Waals surface area contributed by atoms with E-state index in [1.807, 2.05) is 0 Å². The molecule has 1 fully saturated rings. The summed E-state index contributed by atoms with van der Waals surface area (Å²) in [7, 11) is -1.41. The third kappa shape index (κ3) is 2.54. The van der Waals surface area contributed by atoms with E-state index in [-0.39, 0.29) is 11.4 Å². The second kappa shape index (κ2) is 5.23. The lowest BCUT2D eigenvalue weighted by molar-refractivity contribution is -0.393. The van der Waals surface area contributed by atoms with Crippen molar-refractivity contribution in [2.45, 2.75) is 18.9 Å². The minimum atomic E-state index is -1.41. The van der Waals surface area contributed by atoms with Crippen molar-refractivity contribution in [3.63, 3.8) is 0 Å². The van der Waals surface area contributed by atoms with Crippen LogP contribution in [0.25, 0.3) is 0 Å². The van der Waals surface area contributed by atoms with E-state index in [4.69, 9.17) is 4.43 Å². The van der Waals surface area contributed by atoms with Gasteiger partial charge in [0.2, 0.25) is 0 Å². The highest BCUT2D eigenvalue weighted by atomic mass is 28.3. The highest BCUT2D eigenvalue weighted by Gasteiger charge is 2.29. The lowest BCUT2D eigenvalue weighted by atomic mass is 10.3. The van der Waals surface area contributed by atoms with Crippen LogP contribution in [0.4, 0.5) is 11.4 Å². The fourth-order valence-electron chi connectivity index (χ4n) is 1.89. The molecule has 18 heavy (non-hydrogen) atoms. The fraction of sp³-hybridized carbons (Fsp3) is 0.400. The Morgan fingerprint density at radius 3 is 2.50 bits per heavy atom. The summed E-state index contributed by atoms with van der Waals surface area (Å²) in [5.74, 6) is 0. The van der Waals surface area contributed by atoms with E-state index >= 15 is 0 Å². The van der Waals surface area contributed by atoms with Gasteiger partial charge in [0.25, 0.3) is 20.4 Å². The molecule has 8 heteroatoms. The van der Waals surface area contributed by atoms with Crippen LogP contribution < -0.4 is 5.19 Å². The molecular formula is C10H11N2O5Si. The second-order valence-corrected chi connectivity index (χ2v) is 6.12. The van der Waals surface area contributed by atoms with Crippen LogP contribution in [0.2, 0.25) is 6.04 Å². The van der Waals surface area contributed by atoms with E-state index in [1.165, 1.54) is 12.1 Å². The lowest BCUT2D eigenvalue weighted by Gasteiger charge is -2.20. The van der Waals surface area contributed by atoms with Crippen LogP contribution in [-0.2, 0) is 4.43 Å². The van der Waals surface area contributed by atoms with Crippen LogP contribution in [0.5, 0.6) is 0 Å². The predicted molar refractivity (Wildman–Crippen MR) is 65.1 cm³/mol. The molecule has 95 valence electrons. The van der Waals surface area contributed by atoms with Crippen molar-refractivity contribution in [1.29, 1.82) is 0 Å². The zero-order valence-electron chi connectivity index (χ0n) is 9.50. The topological polar surface area (TPSA) is 95.5 Å². The van der Waals surface area contributed by atoms with E-state index < -0.39 is 18.9 Å². The number of nitro groups is 2. The van der Waals surface area contributed by atoms with Crippen LogP contribution in [-0.4, -0.2) is 25.5 Å². The van der Waals surface area contributed by atoms with Crippen LogP contribution in [0, 0.1) is 20.2 Å². The molecule has 0 unspecified atom stereocenters. The molecule has 1 saturated heterocycles. The Labute approximate surface area is 104 Å². The molecule has 1 heterocycles. The highest BCUT2D eigenvalue weighted by Crippen LogP contribution is 2.21. The quantitative estimate of drug-likeness (QED) is 0.470. The number of nitro benzene ring substituents is 2. The summed E-state index contributed by atoms with van der Waals surface area (Å²) in [6.07, 6.45) is 1.96. The number of rotatable bonds is 3. The first-order chi connectivity index (χ1) is 8.59. The number of benzene rings is 1. The summed E-state index contributed by atoms with van der Waals surface area (Å²) < 4.78 is 5.58. The Hall–Kier alpha value is -1.80. The van der Waals surface area contributed by atoms with Gasteiger partial charge in [-0.15, -0.1) is 0 Å². The predicted octanol–water partition coefficient (Wildman–Crippen LogP) is 1.51. The van der Waals surface area contributed by atoms with Crippen molar-refractivity contribution in [1.82, 2.24) is 0 Å². The standard InChI is InChI=1S/C10H11N2O5Si/c13-11(14)8-3-4-10(9(7-8)12(15)16)18-6-2-1-5-17-18/h3-4,7H,1-2,5-6H2. The van der Waals surface area contributed by atoms with Gasteiger partial charge in [-0.3, -0.25) is 20.2 Å². The van der Waals surface area contributed by atoms with Gasteiger partial charge in [-0.2, -0.15) is 0 Å². The molecule has 0 aromatic heterocycles. The van der Waals surface area contributed by atoms with Crippen LogP contribution in [0.15, 0.2) is 18.2 Å². The minimum absolute atomic E-state index is 0.194. The molecule has 0 aliphatic carbocycles. The largest absolute Gasteiger partial charge is 0.411 e. The number of hydrogen-bond donors (Lipinski definition) is 0. The number of nitrogens with zero attached hydrogens (tertiary/aromatic N) is 2. The first-order valence-electron chi connectivity index (χ1n) is 5.51. The molecule has 1 aromatic carbocycles. The van der Waals surface area contributed by atoms with Crippen molar-refractivity contribution in [3.8, 4) is 0 Å². The Kier molecular flexibility index (Phi) is 3.68. The van der Waals surface area contributed by atoms with E-state index in [0.29, 0.717) is 11.8 Å². The van der Waals surface area contributed by atoms with Gasteiger partial charge in [-0.25, -0.2) is 0 Å². The van der Waals surface area contributed by atoms with E-state index in [1.54, 1.807) is 0 Å². The van der Waals surface area contributed by atoms with Gasteiger partial charge in [0, 0.05) is 17.9 Å². The molecule has 7 nitrogen and oxygen atoms in total. The summed E-state index contributed by atoms with van der Waals surface area (Å²) in [6.45, 7) is 0.614. The molecule has 0 amide bonds. The molecule has 1 radical (unpaired) electrons. The fourth-order valence-corrected chi connectivity index (χ4v) is 4.14. The minimum Gasteiger partial charge on any atom is -0.411 e. The Morgan fingerprint density at radius 1 is 1.17 bits per heavy atom. The average molecular weight is 267 g/mol. The molecule has 1 aliphatic rings. The first-order valence-corrected chi connectivity index (χ1v) is 7.13. The van der Waals surface area contributed by atoms with Gasteiger partial charge in [-0.1, -0.05) is 6.42 Å². The monoisotopic (exact) mass is 267 g/mol. The van der Waals surface area contributed by atoms with Crippen LogP contribution >= 0.6 is 0 Å². The summed E-state index contributed by atoms with van der Waals surface area (Å²) in [5, 5.41) is 22.1. The Bertz CT molecular complexity index is 487. The first kappa shape index (κ1) is 12.6. The van der Waals surface area contributed by atoms with Crippen molar-refractivity contribution >= 4 is 25.6 Å². The second-order valence-electron chi connectivity index (χ2n) is 3.94. The Morgan fingerprint density at radius 2 is 1.94 bits per heavy atom. The molecule has 0 atom stereocenters. The van der Waals surface area contributed by atoms with Crippen molar-refractivity contribution in [2.75, 3.05) is 6.61 Å². The van der Waals surface area contributed by atoms with Gasteiger partial charge in [0.05, 0.1) is 15.9 Å². The maximum absolute atomic E-state index is 11.0. The highest BCUT2D eigenvalue weighted by molar-refractivity contribution is 6.68. The lowest BCUT2D eigenvalue weighted by Crippen LogP contribution is -2.37. The van der Waals surface area contributed by atoms with E-state index in [9.17, 15) is 20.2 Å². The Balaban J connectivity index is 2.39. The van der Waals surface area contributed by atoms with Crippen molar-refractivity contribution in [2.24, 2.45) is 0 Å². The van der Waals surface area contributed by atoms with Crippen LogP contribution in [0.3, 0.4) is 0 Å². The van der Waals surface area contributed by atoms with Crippen LogP contribution in [0.1, 0.15) is 12.8 Å². The van der Waals surface area contributed by atoms with E-state index in [2.05, 4.69) is 0 Å². The maximum atomic E-state index is 11.0. The van der Waals surface area contributed by atoms with Gasteiger partial charge >= 0.3 is 0 Å². The average Bonchev–Trinajstić information content (AvgIpc) is 2.39.